The third-order valence-corrected chi connectivity index (χ3v) is 5.13. The molecule has 126 valence electrons. The number of hydrogen-bond acceptors (Lipinski definition) is 3. The molecule has 0 atom stereocenters. The fourth-order valence-electron chi connectivity index (χ4n) is 3.64. The molecule has 0 aromatic heterocycles. The first-order valence-electron chi connectivity index (χ1n) is 7.86. The first kappa shape index (κ1) is 21.0. The first-order valence-corrected chi connectivity index (χ1v) is 7.86. The molecule has 0 unspecified atom stereocenters. The highest BCUT2D eigenvalue weighted by molar-refractivity contribution is 5.85. The third kappa shape index (κ3) is 5.27. The van der Waals surface area contributed by atoms with Crippen molar-refractivity contribution >= 4 is 30.7 Å². The van der Waals surface area contributed by atoms with E-state index in [1.165, 1.54) is 25.7 Å². The number of carbonyl (C=O) groups is 1. The van der Waals surface area contributed by atoms with E-state index in [0.717, 1.165) is 44.8 Å². The fourth-order valence-corrected chi connectivity index (χ4v) is 3.64. The molecule has 2 aliphatic carbocycles. The van der Waals surface area contributed by atoms with Crippen molar-refractivity contribution in [1.29, 1.82) is 0 Å². The molecule has 0 heterocycles. The summed E-state index contributed by atoms with van der Waals surface area (Å²) in [5, 5.41) is 3.11. The quantitative estimate of drug-likeness (QED) is 0.780. The van der Waals surface area contributed by atoms with E-state index >= 15 is 0 Å². The zero-order valence-electron chi connectivity index (χ0n) is 13.1. The molecule has 0 spiro atoms. The van der Waals surface area contributed by atoms with Crippen molar-refractivity contribution < 1.29 is 4.79 Å². The summed E-state index contributed by atoms with van der Waals surface area (Å²) in [6, 6.07) is 0.729. The van der Waals surface area contributed by atoms with Gasteiger partial charge < -0.3 is 16.0 Å². The zero-order valence-corrected chi connectivity index (χ0v) is 14.7. The second kappa shape index (κ2) is 9.88. The summed E-state index contributed by atoms with van der Waals surface area (Å²) in [4.78, 5) is 14.7. The van der Waals surface area contributed by atoms with Gasteiger partial charge in [0.25, 0.3) is 0 Å². The molecule has 21 heavy (non-hydrogen) atoms. The maximum atomic E-state index is 12.3. The van der Waals surface area contributed by atoms with Gasteiger partial charge in [0.15, 0.2) is 0 Å². The highest BCUT2D eigenvalue weighted by Crippen LogP contribution is 2.37. The number of rotatable bonds is 6. The summed E-state index contributed by atoms with van der Waals surface area (Å²) >= 11 is 0. The van der Waals surface area contributed by atoms with Gasteiger partial charge >= 0.3 is 0 Å². The maximum absolute atomic E-state index is 12.3. The highest BCUT2D eigenvalue weighted by atomic mass is 35.5. The maximum Gasteiger partial charge on any atom is 0.227 e. The second-order valence-corrected chi connectivity index (χ2v) is 6.37. The Labute approximate surface area is 141 Å². The Balaban J connectivity index is 0.00000200. The largest absolute Gasteiger partial charge is 0.354 e. The Hall–Kier alpha value is -0.0300. The Morgan fingerprint density at radius 3 is 2.29 bits per heavy atom. The molecule has 3 N–H and O–H groups in total. The van der Waals surface area contributed by atoms with Crippen LogP contribution >= 0.6 is 24.8 Å². The normalized spacial score (nSPS) is 20.9. The van der Waals surface area contributed by atoms with Gasteiger partial charge in [0.1, 0.15) is 0 Å². The summed E-state index contributed by atoms with van der Waals surface area (Å²) in [5.41, 5.74) is 5.57. The van der Waals surface area contributed by atoms with E-state index < -0.39 is 0 Å². The van der Waals surface area contributed by atoms with E-state index in [1.807, 2.05) is 0 Å². The minimum absolute atomic E-state index is 0. The summed E-state index contributed by atoms with van der Waals surface area (Å²) in [7, 11) is 2.18. The molecular weight excluding hydrogens is 309 g/mol. The van der Waals surface area contributed by atoms with Crippen LogP contribution in [0.4, 0.5) is 0 Å². The van der Waals surface area contributed by atoms with Crippen molar-refractivity contribution in [2.75, 3.05) is 26.7 Å². The van der Waals surface area contributed by atoms with Crippen LogP contribution < -0.4 is 11.1 Å². The van der Waals surface area contributed by atoms with Crippen LogP contribution in [0.15, 0.2) is 0 Å². The number of hydrogen-bond donors (Lipinski definition) is 2. The minimum Gasteiger partial charge on any atom is -0.354 e. The number of nitrogens with zero attached hydrogens (tertiary/aromatic N) is 1. The molecule has 2 saturated carbocycles. The van der Waals surface area contributed by atoms with Crippen molar-refractivity contribution in [1.82, 2.24) is 10.2 Å². The van der Waals surface area contributed by atoms with E-state index in [-0.39, 0.29) is 36.1 Å². The van der Waals surface area contributed by atoms with Crippen LogP contribution in [0.3, 0.4) is 0 Å². The van der Waals surface area contributed by atoms with Crippen molar-refractivity contribution in [2.24, 2.45) is 11.1 Å². The topological polar surface area (TPSA) is 58.4 Å². The highest BCUT2D eigenvalue weighted by Gasteiger charge is 2.39. The van der Waals surface area contributed by atoms with Crippen molar-refractivity contribution in [2.45, 2.75) is 57.4 Å². The Morgan fingerprint density at radius 1 is 1.19 bits per heavy atom. The van der Waals surface area contributed by atoms with E-state index in [0.29, 0.717) is 6.54 Å². The van der Waals surface area contributed by atoms with Crippen molar-refractivity contribution in [3.63, 3.8) is 0 Å². The van der Waals surface area contributed by atoms with Crippen molar-refractivity contribution in [3.05, 3.63) is 0 Å². The molecule has 0 aliphatic heterocycles. The van der Waals surface area contributed by atoms with Gasteiger partial charge in [0.05, 0.1) is 5.41 Å². The number of nitrogens with one attached hydrogen (secondary N) is 1. The molecule has 6 heteroatoms. The van der Waals surface area contributed by atoms with E-state index in [2.05, 4.69) is 17.3 Å². The van der Waals surface area contributed by atoms with Crippen LogP contribution in [-0.4, -0.2) is 43.5 Å². The molecule has 0 saturated heterocycles. The van der Waals surface area contributed by atoms with E-state index in [1.54, 1.807) is 0 Å². The molecule has 2 aliphatic rings. The van der Waals surface area contributed by atoms with Gasteiger partial charge in [-0.2, -0.15) is 0 Å². The number of nitrogens with two attached hydrogens (primary N) is 1. The molecule has 0 bridgehead atoms. The van der Waals surface area contributed by atoms with Gasteiger partial charge in [-0.15, -0.1) is 24.8 Å². The lowest BCUT2D eigenvalue weighted by atomic mass is 9.85. The SMILES string of the molecule is CN(CCNC(=O)C1(CN)CCCC1)C1CCCC1.Cl.Cl. The van der Waals surface area contributed by atoms with E-state index in [4.69, 9.17) is 5.73 Å². The Kier molecular flexibility index (Phi) is 9.87. The van der Waals surface area contributed by atoms with Crippen LogP contribution in [0.1, 0.15) is 51.4 Å². The predicted molar refractivity (Wildman–Crippen MR) is 92.3 cm³/mol. The molecule has 0 aromatic carbocycles. The van der Waals surface area contributed by atoms with Gasteiger partial charge in [-0.25, -0.2) is 0 Å². The molecule has 4 nitrogen and oxygen atoms in total. The fraction of sp³-hybridized carbons (Fsp3) is 0.933. The number of likely N-dealkylation sites (N-methyl/N-ethyl adjacent to an activating group) is 1. The molecule has 0 radical (unpaired) electrons. The summed E-state index contributed by atoms with van der Waals surface area (Å²) in [5.74, 6) is 0.187. The molecule has 1 amide bonds. The lowest BCUT2D eigenvalue weighted by molar-refractivity contribution is -0.130. The standard InChI is InChI=1S/C15H29N3O.2ClH/c1-18(13-6-2-3-7-13)11-10-17-14(19)15(12-16)8-4-5-9-15;;/h13H,2-12,16H2,1H3,(H,17,19);2*1H. The lowest BCUT2D eigenvalue weighted by Gasteiger charge is -2.28. The minimum atomic E-state index is -0.258. The second-order valence-electron chi connectivity index (χ2n) is 6.37. The van der Waals surface area contributed by atoms with Crippen LogP contribution in [-0.2, 0) is 4.79 Å². The Bertz CT molecular complexity index is 303. The number of amides is 1. The zero-order chi connectivity index (χ0) is 13.7. The third-order valence-electron chi connectivity index (χ3n) is 5.13. The predicted octanol–water partition coefficient (Wildman–Crippen LogP) is 2.34. The number of halogens is 2. The smallest absolute Gasteiger partial charge is 0.227 e. The van der Waals surface area contributed by atoms with E-state index in [9.17, 15) is 4.79 Å². The van der Waals surface area contributed by atoms with Gasteiger partial charge in [-0.05, 0) is 32.7 Å². The average molecular weight is 340 g/mol. The Morgan fingerprint density at radius 2 is 1.76 bits per heavy atom. The number of carbonyl (C=O) groups excluding carboxylic acids is 1. The molecule has 0 aromatic rings. The van der Waals surface area contributed by atoms with Crippen LogP contribution in [0.5, 0.6) is 0 Å². The lowest BCUT2D eigenvalue weighted by Crippen LogP contribution is -2.46. The van der Waals surface area contributed by atoms with Gasteiger partial charge in [-0.3, -0.25) is 4.79 Å². The van der Waals surface area contributed by atoms with Crippen molar-refractivity contribution in [3.8, 4) is 0 Å². The van der Waals surface area contributed by atoms with Crippen LogP contribution in [0, 0.1) is 5.41 Å². The van der Waals surface area contributed by atoms with Gasteiger partial charge in [0.2, 0.25) is 5.91 Å². The summed E-state index contributed by atoms with van der Waals surface area (Å²) < 4.78 is 0. The van der Waals surface area contributed by atoms with Crippen LogP contribution in [0.25, 0.3) is 0 Å². The van der Waals surface area contributed by atoms with Gasteiger partial charge in [0, 0.05) is 25.7 Å². The van der Waals surface area contributed by atoms with Gasteiger partial charge in [-0.1, -0.05) is 25.7 Å². The molecule has 2 rings (SSSR count). The first-order chi connectivity index (χ1) is 9.18. The molecule has 2 fully saturated rings. The summed E-state index contributed by atoms with van der Waals surface area (Å²) in [6.45, 7) is 2.21. The average Bonchev–Trinajstić information content (AvgIpc) is 3.10. The van der Waals surface area contributed by atoms with Crippen LogP contribution in [0.2, 0.25) is 0 Å². The molecular formula is C15H31Cl2N3O. The monoisotopic (exact) mass is 339 g/mol. The summed E-state index contributed by atoms with van der Waals surface area (Å²) in [6.07, 6.45) is 9.57.